The first-order chi connectivity index (χ1) is 8.17. The molecule has 5 nitrogen and oxygen atoms in total. The van der Waals surface area contributed by atoms with Gasteiger partial charge in [0.1, 0.15) is 9.88 Å². The number of carboxylic acid groups (broad SMARTS) is 1. The van der Waals surface area contributed by atoms with E-state index in [9.17, 15) is 4.79 Å². The summed E-state index contributed by atoms with van der Waals surface area (Å²) in [5.41, 5.74) is 1.51. The number of hydrogen-bond donors (Lipinski definition) is 1. The first-order valence-electron chi connectivity index (χ1n) is 5.40. The van der Waals surface area contributed by atoms with Gasteiger partial charge in [-0.2, -0.15) is 0 Å². The van der Waals surface area contributed by atoms with E-state index in [1.165, 1.54) is 11.3 Å². The van der Waals surface area contributed by atoms with Gasteiger partial charge in [0.25, 0.3) is 0 Å². The molecule has 0 aliphatic carbocycles. The Hall–Kier alpha value is -1.69. The van der Waals surface area contributed by atoms with Crippen molar-refractivity contribution in [3.8, 4) is 10.7 Å². The smallest absolute Gasteiger partial charge is 0.347 e. The average Bonchev–Trinajstić information content (AvgIpc) is 2.94. The van der Waals surface area contributed by atoms with Crippen molar-refractivity contribution in [3.05, 3.63) is 23.1 Å². The highest BCUT2D eigenvalue weighted by Crippen LogP contribution is 2.28. The molecule has 0 aliphatic rings. The van der Waals surface area contributed by atoms with Crippen molar-refractivity contribution in [2.75, 3.05) is 0 Å². The minimum atomic E-state index is -0.909. The lowest BCUT2D eigenvalue weighted by molar-refractivity contribution is 0.0701. The largest absolute Gasteiger partial charge is 0.477 e. The minimum absolute atomic E-state index is 0.325. The maximum absolute atomic E-state index is 11.1. The Kier molecular flexibility index (Phi) is 3.23. The molecule has 0 unspecified atom stereocenters. The van der Waals surface area contributed by atoms with E-state index in [0.717, 1.165) is 17.2 Å². The van der Waals surface area contributed by atoms with Gasteiger partial charge in [-0.3, -0.25) is 0 Å². The maximum Gasteiger partial charge on any atom is 0.347 e. The van der Waals surface area contributed by atoms with Crippen LogP contribution in [0.15, 0.2) is 12.5 Å². The molecule has 0 aliphatic heterocycles. The lowest BCUT2D eigenvalue weighted by Gasteiger charge is -2.00. The van der Waals surface area contributed by atoms with Crippen LogP contribution >= 0.6 is 11.3 Å². The van der Waals surface area contributed by atoms with Gasteiger partial charge in [-0.15, -0.1) is 11.3 Å². The van der Waals surface area contributed by atoms with Crippen molar-refractivity contribution in [3.63, 3.8) is 0 Å². The summed E-state index contributed by atoms with van der Waals surface area (Å²) in [4.78, 5) is 19.8. The summed E-state index contributed by atoms with van der Waals surface area (Å²) < 4.78 is 1.95. The number of carbonyl (C=O) groups is 1. The Balaban J connectivity index is 2.50. The van der Waals surface area contributed by atoms with Crippen LogP contribution in [0.5, 0.6) is 0 Å². The molecule has 0 bridgehead atoms. The number of aryl methyl sites for hydroxylation is 2. The van der Waals surface area contributed by atoms with Crippen LogP contribution in [0.4, 0.5) is 0 Å². The SMILES string of the molecule is CCc1nc(-c2cncn2CC)sc1C(=O)O. The quantitative estimate of drug-likeness (QED) is 0.905. The third-order valence-corrected chi connectivity index (χ3v) is 3.61. The second-order valence-electron chi connectivity index (χ2n) is 3.52. The summed E-state index contributed by atoms with van der Waals surface area (Å²) in [6.07, 6.45) is 4.06. The standard InChI is InChI=1S/C11H13N3O2S/c1-3-7-9(11(15)16)17-10(13-7)8-5-12-6-14(8)4-2/h5-6H,3-4H2,1-2H3,(H,15,16). The van der Waals surface area contributed by atoms with Crippen molar-refractivity contribution in [2.45, 2.75) is 26.8 Å². The number of thiazole rings is 1. The molecule has 1 N–H and O–H groups in total. The second kappa shape index (κ2) is 4.67. The van der Waals surface area contributed by atoms with Gasteiger partial charge in [-0.25, -0.2) is 14.8 Å². The van der Waals surface area contributed by atoms with Crippen LogP contribution in [-0.4, -0.2) is 25.6 Å². The zero-order valence-corrected chi connectivity index (χ0v) is 10.5. The van der Waals surface area contributed by atoms with E-state index < -0.39 is 5.97 Å². The molecule has 0 saturated carbocycles. The summed E-state index contributed by atoms with van der Waals surface area (Å²) in [6.45, 7) is 4.71. The fourth-order valence-electron chi connectivity index (χ4n) is 1.62. The highest BCUT2D eigenvalue weighted by molar-refractivity contribution is 7.17. The molecule has 0 saturated heterocycles. The zero-order valence-electron chi connectivity index (χ0n) is 9.67. The molecule has 2 rings (SSSR count). The number of hydrogen-bond acceptors (Lipinski definition) is 4. The van der Waals surface area contributed by atoms with E-state index in [0.29, 0.717) is 17.0 Å². The van der Waals surface area contributed by atoms with Crippen molar-refractivity contribution >= 4 is 17.3 Å². The fourth-order valence-corrected chi connectivity index (χ4v) is 2.64. The van der Waals surface area contributed by atoms with Gasteiger partial charge < -0.3 is 9.67 Å². The lowest BCUT2D eigenvalue weighted by atomic mass is 10.3. The number of aromatic nitrogens is 3. The van der Waals surface area contributed by atoms with Crippen LogP contribution in [0.2, 0.25) is 0 Å². The van der Waals surface area contributed by atoms with Gasteiger partial charge in [-0.05, 0) is 13.3 Å². The van der Waals surface area contributed by atoms with Gasteiger partial charge in [0.15, 0.2) is 0 Å². The van der Waals surface area contributed by atoms with Gasteiger partial charge in [0, 0.05) is 6.54 Å². The summed E-state index contributed by atoms with van der Waals surface area (Å²) in [5.74, 6) is -0.909. The van der Waals surface area contributed by atoms with Crippen LogP contribution in [0.3, 0.4) is 0 Å². The molecular formula is C11H13N3O2S. The van der Waals surface area contributed by atoms with Crippen molar-refractivity contribution < 1.29 is 9.90 Å². The Bertz CT molecular complexity index is 545. The molecule has 6 heteroatoms. The summed E-state index contributed by atoms with van der Waals surface area (Å²) in [6, 6.07) is 0. The predicted octanol–water partition coefficient (Wildman–Crippen LogP) is 2.29. The van der Waals surface area contributed by atoms with E-state index in [4.69, 9.17) is 5.11 Å². The molecule has 2 heterocycles. The average molecular weight is 251 g/mol. The number of rotatable bonds is 4. The summed E-state index contributed by atoms with van der Waals surface area (Å²) in [5, 5.41) is 9.80. The molecule has 90 valence electrons. The van der Waals surface area contributed by atoms with E-state index >= 15 is 0 Å². The Morgan fingerprint density at radius 2 is 2.29 bits per heavy atom. The van der Waals surface area contributed by atoms with E-state index in [1.807, 2.05) is 18.4 Å². The molecular weight excluding hydrogens is 238 g/mol. The topological polar surface area (TPSA) is 68.0 Å². The van der Waals surface area contributed by atoms with Gasteiger partial charge in [-0.1, -0.05) is 6.92 Å². The lowest BCUT2D eigenvalue weighted by Crippen LogP contribution is -1.97. The first kappa shape index (κ1) is 11.8. The van der Waals surface area contributed by atoms with Crippen LogP contribution in [0.25, 0.3) is 10.7 Å². The van der Waals surface area contributed by atoms with E-state index in [-0.39, 0.29) is 0 Å². The van der Waals surface area contributed by atoms with Crippen molar-refractivity contribution in [2.24, 2.45) is 0 Å². The number of aromatic carboxylic acids is 1. The third kappa shape index (κ3) is 2.08. The van der Waals surface area contributed by atoms with Crippen LogP contribution in [0, 0.1) is 0 Å². The normalized spacial score (nSPS) is 10.7. The number of imidazole rings is 1. The minimum Gasteiger partial charge on any atom is -0.477 e. The molecule has 0 aromatic carbocycles. The maximum atomic E-state index is 11.1. The third-order valence-electron chi connectivity index (χ3n) is 2.50. The van der Waals surface area contributed by atoms with Crippen LogP contribution in [-0.2, 0) is 13.0 Å². The van der Waals surface area contributed by atoms with Crippen LogP contribution in [0.1, 0.15) is 29.2 Å². The molecule has 0 radical (unpaired) electrons. The second-order valence-corrected chi connectivity index (χ2v) is 4.52. The first-order valence-corrected chi connectivity index (χ1v) is 6.22. The molecule has 2 aromatic heterocycles. The summed E-state index contributed by atoms with van der Waals surface area (Å²) in [7, 11) is 0. The number of nitrogens with zero attached hydrogens (tertiary/aromatic N) is 3. The highest BCUT2D eigenvalue weighted by Gasteiger charge is 2.18. The molecule has 2 aromatic rings. The Labute approximate surface area is 103 Å². The van der Waals surface area contributed by atoms with Gasteiger partial charge in [0.2, 0.25) is 0 Å². The zero-order chi connectivity index (χ0) is 12.4. The highest BCUT2D eigenvalue weighted by atomic mass is 32.1. The van der Waals surface area contributed by atoms with Gasteiger partial charge in [0.05, 0.1) is 23.9 Å². The monoisotopic (exact) mass is 251 g/mol. The molecule has 17 heavy (non-hydrogen) atoms. The van der Waals surface area contributed by atoms with Crippen molar-refractivity contribution in [1.82, 2.24) is 14.5 Å². The molecule has 0 atom stereocenters. The van der Waals surface area contributed by atoms with Crippen molar-refractivity contribution in [1.29, 1.82) is 0 Å². The molecule has 0 amide bonds. The van der Waals surface area contributed by atoms with Gasteiger partial charge >= 0.3 is 5.97 Å². The fraction of sp³-hybridized carbons (Fsp3) is 0.364. The number of carboxylic acids is 1. The Morgan fingerprint density at radius 1 is 1.53 bits per heavy atom. The van der Waals surface area contributed by atoms with Crippen LogP contribution < -0.4 is 0 Å². The van der Waals surface area contributed by atoms with E-state index in [2.05, 4.69) is 9.97 Å². The van der Waals surface area contributed by atoms with E-state index in [1.54, 1.807) is 12.5 Å². The molecule has 0 fully saturated rings. The Morgan fingerprint density at radius 3 is 2.82 bits per heavy atom. The summed E-state index contributed by atoms with van der Waals surface area (Å²) >= 11 is 1.21. The predicted molar refractivity (Wildman–Crippen MR) is 65.3 cm³/mol. The molecule has 0 spiro atoms.